The van der Waals surface area contributed by atoms with E-state index >= 15 is 0 Å². The lowest BCUT2D eigenvalue weighted by molar-refractivity contribution is 0.0945. The van der Waals surface area contributed by atoms with E-state index in [1.165, 1.54) is 5.69 Å². The number of hydrogen-bond donors (Lipinski definition) is 0. The molecule has 0 aliphatic carbocycles. The van der Waals surface area contributed by atoms with Gasteiger partial charge >= 0.3 is 0 Å². The number of thioether (sulfide) groups is 1. The fraction of sp³-hybridized carbons (Fsp3) is 0.706. The Morgan fingerprint density at radius 1 is 1.25 bits per heavy atom. The number of ether oxygens (including phenoxy) is 1. The summed E-state index contributed by atoms with van der Waals surface area (Å²) in [7, 11) is 0. The van der Waals surface area contributed by atoms with Crippen molar-refractivity contribution >= 4 is 11.8 Å². The summed E-state index contributed by atoms with van der Waals surface area (Å²) in [5.74, 6) is 2.04. The van der Waals surface area contributed by atoms with Crippen molar-refractivity contribution in [1.29, 1.82) is 0 Å². The molecule has 132 valence electrons. The summed E-state index contributed by atoms with van der Waals surface area (Å²) in [5, 5.41) is 5.09. The van der Waals surface area contributed by atoms with Crippen molar-refractivity contribution in [3.8, 4) is 0 Å². The molecule has 7 heteroatoms. The number of imidazole rings is 1. The van der Waals surface area contributed by atoms with Crippen LogP contribution < -0.4 is 0 Å². The molecular formula is C17H26N4O2S. The average Bonchev–Trinajstić information content (AvgIpc) is 3.22. The fourth-order valence-electron chi connectivity index (χ4n) is 2.69. The molecule has 2 aromatic heterocycles. The van der Waals surface area contributed by atoms with Crippen LogP contribution in [0.1, 0.15) is 56.7 Å². The molecule has 3 rings (SSSR count). The Kier molecular flexibility index (Phi) is 5.01. The molecule has 24 heavy (non-hydrogen) atoms. The highest BCUT2D eigenvalue weighted by Gasteiger charge is 2.23. The zero-order chi connectivity index (χ0) is 17.3. The fourth-order valence-corrected chi connectivity index (χ4v) is 3.63. The number of aryl methyl sites for hydroxylation is 1. The van der Waals surface area contributed by atoms with Crippen molar-refractivity contribution in [2.24, 2.45) is 0 Å². The van der Waals surface area contributed by atoms with E-state index in [4.69, 9.17) is 14.2 Å². The van der Waals surface area contributed by atoms with Crippen LogP contribution in [0.25, 0.3) is 0 Å². The van der Waals surface area contributed by atoms with Gasteiger partial charge < -0.3 is 13.8 Å². The minimum atomic E-state index is -0.124. The third kappa shape index (κ3) is 3.83. The van der Waals surface area contributed by atoms with E-state index in [1.807, 2.05) is 0 Å². The Balaban J connectivity index is 1.70. The van der Waals surface area contributed by atoms with Gasteiger partial charge in [0.05, 0.1) is 24.1 Å². The molecule has 1 saturated heterocycles. The molecule has 0 amide bonds. The van der Waals surface area contributed by atoms with Crippen LogP contribution >= 0.6 is 11.8 Å². The molecule has 2 aromatic rings. The summed E-state index contributed by atoms with van der Waals surface area (Å²) in [6.07, 6.45) is 2.58. The molecule has 0 aromatic carbocycles. The SMILES string of the molecule is Cc1nc(SCc2noc(C(C)(C)C)n2)n(CC2CCCO2)c1C. The number of aromatic nitrogens is 4. The van der Waals surface area contributed by atoms with E-state index in [0.717, 1.165) is 36.8 Å². The van der Waals surface area contributed by atoms with Gasteiger partial charge in [-0.2, -0.15) is 4.98 Å². The summed E-state index contributed by atoms with van der Waals surface area (Å²) in [6, 6.07) is 0. The van der Waals surface area contributed by atoms with E-state index in [1.54, 1.807) is 11.8 Å². The lowest BCUT2D eigenvalue weighted by Gasteiger charge is -2.14. The molecule has 1 aliphatic heterocycles. The number of nitrogens with zero attached hydrogens (tertiary/aromatic N) is 4. The maximum absolute atomic E-state index is 5.78. The van der Waals surface area contributed by atoms with E-state index in [0.29, 0.717) is 23.6 Å². The molecule has 3 heterocycles. The Labute approximate surface area is 147 Å². The quantitative estimate of drug-likeness (QED) is 0.767. The van der Waals surface area contributed by atoms with Gasteiger partial charge in [0.2, 0.25) is 5.89 Å². The Morgan fingerprint density at radius 3 is 2.67 bits per heavy atom. The zero-order valence-corrected chi connectivity index (χ0v) is 15.9. The van der Waals surface area contributed by atoms with Crippen molar-refractivity contribution in [2.75, 3.05) is 6.61 Å². The highest BCUT2D eigenvalue weighted by molar-refractivity contribution is 7.98. The van der Waals surface area contributed by atoms with E-state index in [-0.39, 0.29) is 5.41 Å². The van der Waals surface area contributed by atoms with Crippen molar-refractivity contribution in [2.45, 2.75) is 76.4 Å². The minimum Gasteiger partial charge on any atom is -0.376 e. The second-order valence-corrected chi connectivity index (χ2v) is 8.31. The Morgan fingerprint density at radius 2 is 2.04 bits per heavy atom. The predicted octanol–water partition coefficient (Wildman–Crippen LogP) is 3.65. The first kappa shape index (κ1) is 17.5. The van der Waals surface area contributed by atoms with Gasteiger partial charge in [-0.05, 0) is 26.7 Å². The largest absolute Gasteiger partial charge is 0.376 e. The van der Waals surface area contributed by atoms with Gasteiger partial charge in [0, 0.05) is 17.7 Å². The molecule has 0 spiro atoms. The van der Waals surface area contributed by atoms with Gasteiger partial charge in [-0.3, -0.25) is 0 Å². The van der Waals surface area contributed by atoms with Crippen molar-refractivity contribution < 1.29 is 9.26 Å². The Bertz CT molecular complexity index is 696. The minimum absolute atomic E-state index is 0.124. The molecular weight excluding hydrogens is 324 g/mol. The third-order valence-electron chi connectivity index (χ3n) is 4.27. The highest BCUT2D eigenvalue weighted by atomic mass is 32.2. The van der Waals surface area contributed by atoms with E-state index < -0.39 is 0 Å². The average molecular weight is 350 g/mol. The second-order valence-electron chi connectivity index (χ2n) is 7.37. The first-order valence-corrected chi connectivity index (χ1v) is 9.44. The normalized spacial score (nSPS) is 18.5. The molecule has 0 saturated carbocycles. The van der Waals surface area contributed by atoms with Crippen LogP contribution in [0.4, 0.5) is 0 Å². The smallest absolute Gasteiger partial charge is 0.232 e. The van der Waals surface area contributed by atoms with Gasteiger partial charge in [-0.1, -0.05) is 37.7 Å². The lowest BCUT2D eigenvalue weighted by Crippen LogP contribution is -2.16. The van der Waals surface area contributed by atoms with Crippen LogP contribution in [0.2, 0.25) is 0 Å². The molecule has 1 fully saturated rings. The highest BCUT2D eigenvalue weighted by Crippen LogP contribution is 2.27. The Hall–Kier alpha value is -1.34. The number of hydrogen-bond acceptors (Lipinski definition) is 6. The summed E-state index contributed by atoms with van der Waals surface area (Å²) in [6.45, 7) is 12.1. The topological polar surface area (TPSA) is 66.0 Å². The predicted molar refractivity (Wildman–Crippen MR) is 93.2 cm³/mol. The summed E-state index contributed by atoms with van der Waals surface area (Å²) < 4.78 is 13.4. The van der Waals surface area contributed by atoms with Crippen molar-refractivity contribution in [3.63, 3.8) is 0 Å². The second kappa shape index (κ2) is 6.88. The number of rotatable bonds is 5. The van der Waals surface area contributed by atoms with Gasteiger partial charge in [-0.15, -0.1) is 0 Å². The van der Waals surface area contributed by atoms with Gasteiger partial charge in [0.1, 0.15) is 0 Å². The van der Waals surface area contributed by atoms with Crippen LogP contribution in [-0.2, 0) is 22.4 Å². The summed E-state index contributed by atoms with van der Waals surface area (Å²) in [4.78, 5) is 9.21. The molecule has 0 radical (unpaired) electrons. The molecule has 1 aliphatic rings. The summed E-state index contributed by atoms with van der Waals surface area (Å²) in [5.41, 5.74) is 2.15. The summed E-state index contributed by atoms with van der Waals surface area (Å²) >= 11 is 1.65. The van der Waals surface area contributed by atoms with Crippen LogP contribution in [0.3, 0.4) is 0 Å². The first-order chi connectivity index (χ1) is 11.3. The first-order valence-electron chi connectivity index (χ1n) is 8.46. The van der Waals surface area contributed by atoms with E-state index in [2.05, 4.69) is 49.3 Å². The zero-order valence-electron chi connectivity index (χ0n) is 15.1. The molecule has 0 N–H and O–H groups in total. The van der Waals surface area contributed by atoms with Gasteiger partial charge in [0.25, 0.3) is 0 Å². The van der Waals surface area contributed by atoms with E-state index in [9.17, 15) is 0 Å². The molecule has 6 nitrogen and oxygen atoms in total. The van der Waals surface area contributed by atoms with Crippen LogP contribution in [0.5, 0.6) is 0 Å². The molecule has 1 atom stereocenters. The van der Waals surface area contributed by atoms with Crippen LogP contribution in [0, 0.1) is 13.8 Å². The van der Waals surface area contributed by atoms with Crippen molar-refractivity contribution in [3.05, 3.63) is 23.1 Å². The van der Waals surface area contributed by atoms with Gasteiger partial charge in [-0.25, -0.2) is 4.98 Å². The van der Waals surface area contributed by atoms with Crippen LogP contribution in [0.15, 0.2) is 9.68 Å². The molecule has 0 bridgehead atoms. The van der Waals surface area contributed by atoms with Crippen LogP contribution in [-0.4, -0.2) is 32.4 Å². The molecule has 1 unspecified atom stereocenters. The maximum Gasteiger partial charge on any atom is 0.232 e. The third-order valence-corrected chi connectivity index (χ3v) is 5.25. The lowest BCUT2D eigenvalue weighted by atomic mass is 9.97. The van der Waals surface area contributed by atoms with Crippen molar-refractivity contribution in [1.82, 2.24) is 19.7 Å². The van der Waals surface area contributed by atoms with Gasteiger partial charge in [0.15, 0.2) is 11.0 Å². The monoisotopic (exact) mass is 350 g/mol. The standard InChI is InChI=1S/C17H26N4O2S/c1-11-12(2)21(9-13-7-6-8-22-13)16(18-11)24-10-14-19-15(23-20-14)17(3,4)5/h13H,6-10H2,1-5H3. The maximum atomic E-state index is 5.78.